The van der Waals surface area contributed by atoms with Crippen molar-refractivity contribution in [2.45, 2.75) is 77.9 Å². The van der Waals surface area contributed by atoms with E-state index in [2.05, 4.69) is 31.4 Å². The van der Waals surface area contributed by atoms with Gasteiger partial charge in [-0.15, -0.1) is 0 Å². The minimum Gasteiger partial charge on any atom is -0.377 e. The van der Waals surface area contributed by atoms with E-state index in [1.807, 2.05) is 0 Å². The van der Waals surface area contributed by atoms with Crippen molar-refractivity contribution in [3.05, 3.63) is 0 Å². The summed E-state index contributed by atoms with van der Waals surface area (Å²) < 4.78 is 5.97. The van der Waals surface area contributed by atoms with Crippen molar-refractivity contribution in [2.24, 2.45) is 11.3 Å². The van der Waals surface area contributed by atoms with Crippen LogP contribution in [-0.4, -0.2) is 31.3 Å². The van der Waals surface area contributed by atoms with Crippen LogP contribution in [0.1, 0.15) is 65.7 Å². The first-order chi connectivity index (χ1) is 9.97. The summed E-state index contributed by atoms with van der Waals surface area (Å²) >= 11 is 0. The zero-order valence-corrected chi connectivity index (χ0v) is 13.9. The van der Waals surface area contributed by atoms with Gasteiger partial charge in [-0.25, -0.2) is 4.79 Å². The van der Waals surface area contributed by atoms with Gasteiger partial charge in [0.15, 0.2) is 0 Å². The number of urea groups is 1. The average Bonchev–Trinajstić information content (AvgIpc) is 2.45. The highest BCUT2D eigenvalue weighted by Crippen LogP contribution is 2.33. The number of hydrogen-bond acceptors (Lipinski definition) is 2. The number of nitrogens with one attached hydrogen (secondary N) is 2. The standard InChI is InChI=1S/C17H32N2O2/c1-17(2,3)15-13(8-7-11-21-15)12-18-16(20)19-14-9-5-4-6-10-14/h13-15H,4-12H2,1-3H3,(H2,18,19,20)/t13-,15-/m0/s1. The molecule has 21 heavy (non-hydrogen) atoms. The fourth-order valence-corrected chi connectivity index (χ4v) is 3.72. The van der Waals surface area contributed by atoms with E-state index in [0.717, 1.165) is 38.8 Å². The average molecular weight is 296 g/mol. The smallest absolute Gasteiger partial charge is 0.315 e. The third-order valence-corrected chi connectivity index (χ3v) is 4.76. The lowest BCUT2D eigenvalue weighted by Crippen LogP contribution is -2.48. The van der Waals surface area contributed by atoms with Gasteiger partial charge in [-0.3, -0.25) is 0 Å². The zero-order chi connectivity index (χ0) is 15.3. The summed E-state index contributed by atoms with van der Waals surface area (Å²) in [6.07, 6.45) is 8.54. The van der Waals surface area contributed by atoms with Crippen LogP contribution in [0.5, 0.6) is 0 Å². The second kappa shape index (κ2) is 7.48. The topological polar surface area (TPSA) is 50.4 Å². The lowest BCUT2D eigenvalue weighted by Gasteiger charge is -2.40. The van der Waals surface area contributed by atoms with Gasteiger partial charge in [0.2, 0.25) is 0 Å². The summed E-state index contributed by atoms with van der Waals surface area (Å²) in [6.45, 7) is 8.24. The molecule has 2 rings (SSSR count). The Morgan fingerprint density at radius 2 is 1.81 bits per heavy atom. The van der Waals surface area contributed by atoms with Crippen LogP contribution in [0.3, 0.4) is 0 Å². The molecule has 4 heteroatoms. The maximum absolute atomic E-state index is 12.0. The highest BCUT2D eigenvalue weighted by atomic mass is 16.5. The molecule has 2 aliphatic rings. The van der Waals surface area contributed by atoms with E-state index < -0.39 is 0 Å². The molecule has 0 bridgehead atoms. The van der Waals surface area contributed by atoms with Gasteiger partial charge in [-0.1, -0.05) is 40.0 Å². The van der Waals surface area contributed by atoms with Crippen molar-refractivity contribution in [3.63, 3.8) is 0 Å². The highest BCUT2D eigenvalue weighted by molar-refractivity contribution is 5.74. The van der Waals surface area contributed by atoms with Crippen molar-refractivity contribution in [1.82, 2.24) is 10.6 Å². The molecule has 0 aromatic carbocycles. The molecule has 4 nitrogen and oxygen atoms in total. The summed E-state index contributed by atoms with van der Waals surface area (Å²) in [7, 11) is 0. The molecule has 0 aromatic rings. The monoisotopic (exact) mass is 296 g/mol. The molecule has 2 amide bonds. The number of carbonyl (C=O) groups excluding carboxylic acids is 1. The molecule has 0 radical (unpaired) electrons. The van der Waals surface area contributed by atoms with Gasteiger partial charge in [0, 0.05) is 25.1 Å². The Morgan fingerprint density at radius 3 is 2.48 bits per heavy atom. The van der Waals surface area contributed by atoms with E-state index in [1.54, 1.807) is 0 Å². The van der Waals surface area contributed by atoms with E-state index in [1.165, 1.54) is 19.3 Å². The molecule has 1 saturated heterocycles. The van der Waals surface area contributed by atoms with Crippen LogP contribution in [-0.2, 0) is 4.74 Å². The highest BCUT2D eigenvalue weighted by Gasteiger charge is 2.35. The van der Waals surface area contributed by atoms with Crippen molar-refractivity contribution >= 4 is 6.03 Å². The predicted octanol–water partition coefficient (Wildman–Crippen LogP) is 3.46. The Hall–Kier alpha value is -0.770. The Balaban J connectivity index is 1.76. The molecule has 1 aliphatic heterocycles. The van der Waals surface area contributed by atoms with E-state index in [4.69, 9.17) is 4.74 Å². The van der Waals surface area contributed by atoms with Gasteiger partial charge in [0.25, 0.3) is 0 Å². The quantitative estimate of drug-likeness (QED) is 0.838. The molecule has 2 N–H and O–H groups in total. The first-order valence-electron chi connectivity index (χ1n) is 8.63. The van der Waals surface area contributed by atoms with Crippen LogP contribution in [0, 0.1) is 11.3 Å². The molecular weight excluding hydrogens is 264 g/mol. The summed E-state index contributed by atoms with van der Waals surface area (Å²) in [6, 6.07) is 0.375. The molecule has 1 saturated carbocycles. The summed E-state index contributed by atoms with van der Waals surface area (Å²) in [5, 5.41) is 6.19. The van der Waals surface area contributed by atoms with Crippen molar-refractivity contribution < 1.29 is 9.53 Å². The zero-order valence-electron chi connectivity index (χ0n) is 13.9. The Kier molecular flexibility index (Phi) is 5.91. The summed E-state index contributed by atoms with van der Waals surface area (Å²) in [5.74, 6) is 0.427. The second-order valence-corrected chi connectivity index (χ2v) is 7.75. The van der Waals surface area contributed by atoms with Crippen molar-refractivity contribution in [1.29, 1.82) is 0 Å². The number of ether oxygens (including phenoxy) is 1. The lowest BCUT2D eigenvalue weighted by atomic mass is 9.78. The summed E-state index contributed by atoms with van der Waals surface area (Å²) in [5.41, 5.74) is 0.132. The SMILES string of the molecule is CC(C)(C)[C@H]1OCCC[C@H]1CNC(=O)NC1CCCCC1. The molecule has 1 aliphatic carbocycles. The Labute approximate surface area is 129 Å². The third kappa shape index (κ3) is 5.17. The van der Waals surface area contributed by atoms with Gasteiger partial charge < -0.3 is 15.4 Å². The van der Waals surface area contributed by atoms with E-state index in [0.29, 0.717) is 12.0 Å². The molecule has 0 unspecified atom stereocenters. The van der Waals surface area contributed by atoms with E-state index in [-0.39, 0.29) is 17.6 Å². The van der Waals surface area contributed by atoms with Gasteiger partial charge in [-0.05, 0) is 31.1 Å². The first-order valence-corrected chi connectivity index (χ1v) is 8.63. The third-order valence-electron chi connectivity index (χ3n) is 4.76. The molecule has 0 spiro atoms. The van der Waals surface area contributed by atoms with Crippen LogP contribution in [0.2, 0.25) is 0 Å². The van der Waals surface area contributed by atoms with Gasteiger partial charge in [0.05, 0.1) is 6.10 Å². The molecule has 1 heterocycles. The minimum absolute atomic E-state index is 0.000123. The summed E-state index contributed by atoms with van der Waals surface area (Å²) in [4.78, 5) is 12.0. The van der Waals surface area contributed by atoms with Gasteiger partial charge >= 0.3 is 6.03 Å². The fraction of sp³-hybridized carbons (Fsp3) is 0.941. The molecular formula is C17H32N2O2. The van der Waals surface area contributed by atoms with E-state index >= 15 is 0 Å². The van der Waals surface area contributed by atoms with Crippen LogP contribution in [0.4, 0.5) is 4.79 Å². The van der Waals surface area contributed by atoms with Crippen LogP contribution in [0.15, 0.2) is 0 Å². The van der Waals surface area contributed by atoms with Gasteiger partial charge in [0.1, 0.15) is 0 Å². The molecule has 122 valence electrons. The molecule has 2 atom stereocenters. The Bertz CT molecular complexity index is 332. The lowest BCUT2D eigenvalue weighted by molar-refractivity contribution is -0.0838. The number of carbonyl (C=O) groups is 1. The van der Waals surface area contributed by atoms with Gasteiger partial charge in [-0.2, -0.15) is 0 Å². The number of hydrogen-bond donors (Lipinski definition) is 2. The molecule has 2 fully saturated rings. The predicted molar refractivity (Wildman–Crippen MR) is 85.3 cm³/mol. The fourth-order valence-electron chi connectivity index (χ4n) is 3.72. The number of rotatable bonds is 3. The first kappa shape index (κ1) is 16.6. The number of amides is 2. The van der Waals surface area contributed by atoms with Crippen molar-refractivity contribution in [2.75, 3.05) is 13.2 Å². The Morgan fingerprint density at radius 1 is 1.10 bits per heavy atom. The normalized spacial score (nSPS) is 28.1. The maximum Gasteiger partial charge on any atom is 0.315 e. The van der Waals surface area contributed by atoms with Crippen molar-refractivity contribution in [3.8, 4) is 0 Å². The minimum atomic E-state index is 0.000123. The second-order valence-electron chi connectivity index (χ2n) is 7.75. The largest absolute Gasteiger partial charge is 0.377 e. The maximum atomic E-state index is 12.0. The van der Waals surface area contributed by atoms with E-state index in [9.17, 15) is 4.79 Å². The van der Waals surface area contributed by atoms with Crippen LogP contribution < -0.4 is 10.6 Å². The molecule has 0 aromatic heterocycles. The van der Waals surface area contributed by atoms with Crippen LogP contribution in [0.25, 0.3) is 0 Å². The van der Waals surface area contributed by atoms with Crippen LogP contribution >= 0.6 is 0 Å².